The summed E-state index contributed by atoms with van der Waals surface area (Å²) < 4.78 is 44.1. The van der Waals surface area contributed by atoms with E-state index in [0.717, 1.165) is 12.1 Å². The van der Waals surface area contributed by atoms with Crippen molar-refractivity contribution in [1.82, 2.24) is 4.90 Å². The molecule has 0 aromatic heterocycles. The largest absolute Gasteiger partial charge is 0.503 e. The highest BCUT2D eigenvalue weighted by atomic mass is 35.5. The van der Waals surface area contributed by atoms with Crippen LogP contribution in [0, 0.1) is 0 Å². The number of halogens is 4. The number of hydrogen-bond acceptors (Lipinski definition) is 4. The molecule has 0 unspecified atom stereocenters. The third-order valence-electron chi connectivity index (χ3n) is 4.68. The van der Waals surface area contributed by atoms with Crippen LogP contribution in [0.1, 0.15) is 22.8 Å². The Bertz CT molecular complexity index is 897. The van der Waals surface area contributed by atoms with Crippen LogP contribution in [0.5, 0.6) is 11.5 Å². The van der Waals surface area contributed by atoms with Crippen molar-refractivity contribution in [2.24, 2.45) is 0 Å². The number of ether oxygens (including phenoxy) is 1. The van der Waals surface area contributed by atoms with Gasteiger partial charge in [-0.2, -0.15) is 13.2 Å². The Kier molecular flexibility index (Phi) is 6.12. The average Bonchev–Trinajstić information content (AvgIpc) is 2.70. The molecule has 1 heterocycles. The summed E-state index contributed by atoms with van der Waals surface area (Å²) in [5.41, 5.74) is 0.0534. The SMILES string of the molecule is CCOc1cc(C(=O)N2CCN(c3cccc(C(F)(F)F)c3)CC2)cc(Cl)c1O. The predicted molar refractivity (Wildman–Crippen MR) is 104 cm³/mol. The van der Waals surface area contributed by atoms with E-state index in [-0.39, 0.29) is 28.0 Å². The van der Waals surface area contributed by atoms with Crippen molar-refractivity contribution in [1.29, 1.82) is 0 Å². The van der Waals surface area contributed by atoms with Crippen LogP contribution in [-0.4, -0.2) is 48.7 Å². The first-order valence-electron chi connectivity index (χ1n) is 9.07. The molecule has 0 spiro atoms. The summed E-state index contributed by atoms with van der Waals surface area (Å²) in [5.74, 6) is -0.373. The minimum Gasteiger partial charge on any atom is -0.503 e. The molecule has 0 saturated carbocycles. The van der Waals surface area contributed by atoms with Gasteiger partial charge in [0.25, 0.3) is 5.91 Å². The fourth-order valence-electron chi connectivity index (χ4n) is 3.19. The zero-order valence-electron chi connectivity index (χ0n) is 15.7. The summed E-state index contributed by atoms with van der Waals surface area (Å²) in [4.78, 5) is 16.2. The number of carbonyl (C=O) groups is 1. The lowest BCUT2D eigenvalue weighted by atomic mass is 10.1. The number of amides is 1. The van der Waals surface area contributed by atoms with Gasteiger partial charge in [0.2, 0.25) is 0 Å². The van der Waals surface area contributed by atoms with Gasteiger partial charge in [0.15, 0.2) is 11.5 Å². The van der Waals surface area contributed by atoms with Crippen molar-refractivity contribution in [3.63, 3.8) is 0 Å². The van der Waals surface area contributed by atoms with Crippen LogP contribution in [-0.2, 0) is 6.18 Å². The number of phenolic OH excluding ortho intramolecular Hbond substituents is 1. The second kappa shape index (κ2) is 8.41. The lowest BCUT2D eigenvalue weighted by Crippen LogP contribution is -2.48. The van der Waals surface area contributed by atoms with Gasteiger partial charge < -0.3 is 19.6 Å². The molecule has 3 rings (SSSR count). The molecular weight excluding hydrogens is 409 g/mol. The van der Waals surface area contributed by atoms with Crippen molar-refractivity contribution in [2.45, 2.75) is 13.1 Å². The van der Waals surface area contributed by atoms with Crippen LogP contribution in [0.25, 0.3) is 0 Å². The van der Waals surface area contributed by atoms with Crippen LogP contribution in [0.15, 0.2) is 36.4 Å². The number of carbonyl (C=O) groups excluding carboxylic acids is 1. The van der Waals surface area contributed by atoms with E-state index in [1.807, 2.05) is 4.90 Å². The molecule has 9 heteroatoms. The van der Waals surface area contributed by atoms with Crippen molar-refractivity contribution >= 4 is 23.2 Å². The van der Waals surface area contributed by atoms with Gasteiger partial charge in [-0.15, -0.1) is 0 Å². The molecule has 0 atom stereocenters. The monoisotopic (exact) mass is 428 g/mol. The zero-order chi connectivity index (χ0) is 21.2. The minimum absolute atomic E-state index is 0.0156. The Morgan fingerprint density at radius 3 is 2.48 bits per heavy atom. The summed E-state index contributed by atoms with van der Waals surface area (Å²) in [6.45, 7) is 3.54. The van der Waals surface area contributed by atoms with Gasteiger partial charge in [0, 0.05) is 37.4 Å². The Balaban J connectivity index is 1.70. The summed E-state index contributed by atoms with van der Waals surface area (Å²) in [5, 5.41) is 9.93. The predicted octanol–water partition coefficient (Wildman–Crippen LogP) is 4.43. The van der Waals surface area contributed by atoms with Gasteiger partial charge in [0.1, 0.15) is 0 Å². The molecule has 1 aliphatic rings. The van der Waals surface area contributed by atoms with Crippen LogP contribution < -0.4 is 9.64 Å². The second-order valence-corrected chi connectivity index (χ2v) is 6.97. The smallest absolute Gasteiger partial charge is 0.416 e. The molecule has 1 N–H and O–H groups in total. The highest BCUT2D eigenvalue weighted by Gasteiger charge is 2.31. The highest BCUT2D eigenvalue weighted by molar-refractivity contribution is 6.32. The topological polar surface area (TPSA) is 53.0 Å². The van der Waals surface area contributed by atoms with Gasteiger partial charge >= 0.3 is 6.18 Å². The zero-order valence-corrected chi connectivity index (χ0v) is 16.4. The van der Waals surface area contributed by atoms with Crippen LogP contribution >= 0.6 is 11.6 Å². The van der Waals surface area contributed by atoms with E-state index in [4.69, 9.17) is 16.3 Å². The molecule has 29 heavy (non-hydrogen) atoms. The molecule has 0 bridgehead atoms. The van der Waals surface area contributed by atoms with Gasteiger partial charge in [-0.1, -0.05) is 17.7 Å². The third-order valence-corrected chi connectivity index (χ3v) is 4.97. The quantitative estimate of drug-likeness (QED) is 0.783. The number of nitrogens with zero attached hydrogens (tertiary/aromatic N) is 2. The first-order chi connectivity index (χ1) is 13.7. The van der Waals surface area contributed by atoms with Crippen LogP contribution in [0.4, 0.5) is 18.9 Å². The number of benzene rings is 2. The number of phenols is 1. The highest BCUT2D eigenvalue weighted by Crippen LogP contribution is 2.36. The van der Waals surface area contributed by atoms with Crippen molar-refractivity contribution in [3.05, 3.63) is 52.5 Å². The number of piperazine rings is 1. The molecule has 2 aromatic rings. The summed E-state index contributed by atoms with van der Waals surface area (Å²) in [6.07, 6.45) is -4.40. The third kappa shape index (κ3) is 4.70. The van der Waals surface area contributed by atoms with E-state index in [1.54, 1.807) is 17.9 Å². The summed E-state index contributed by atoms with van der Waals surface area (Å²) >= 11 is 5.99. The number of rotatable bonds is 4. The van der Waals surface area contributed by atoms with Gasteiger partial charge in [-0.05, 0) is 37.3 Å². The van der Waals surface area contributed by atoms with Crippen molar-refractivity contribution in [3.8, 4) is 11.5 Å². The van der Waals surface area contributed by atoms with Crippen LogP contribution in [0.3, 0.4) is 0 Å². The first-order valence-corrected chi connectivity index (χ1v) is 9.45. The maximum absolute atomic E-state index is 12.9. The standard InChI is InChI=1S/C20H20ClF3N2O3/c1-2-29-17-11-13(10-16(21)18(17)27)19(28)26-8-6-25(7-9-26)15-5-3-4-14(12-15)20(22,23)24/h3-5,10-12,27H,2,6-9H2,1H3. The maximum atomic E-state index is 12.9. The second-order valence-electron chi connectivity index (χ2n) is 6.57. The number of anilines is 1. The minimum atomic E-state index is -4.40. The van der Waals surface area contributed by atoms with E-state index in [2.05, 4.69) is 0 Å². The number of aromatic hydroxyl groups is 1. The molecule has 1 amide bonds. The summed E-state index contributed by atoms with van der Waals surface area (Å²) in [7, 11) is 0. The fourth-order valence-corrected chi connectivity index (χ4v) is 3.40. The molecule has 1 fully saturated rings. The number of hydrogen-bond donors (Lipinski definition) is 1. The molecule has 2 aromatic carbocycles. The maximum Gasteiger partial charge on any atom is 0.416 e. The Hall–Kier alpha value is -2.61. The fraction of sp³-hybridized carbons (Fsp3) is 0.350. The Morgan fingerprint density at radius 1 is 1.17 bits per heavy atom. The average molecular weight is 429 g/mol. The molecule has 156 valence electrons. The molecule has 5 nitrogen and oxygen atoms in total. The van der Waals surface area contributed by atoms with Crippen LogP contribution in [0.2, 0.25) is 5.02 Å². The lowest BCUT2D eigenvalue weighted by molar-refractivity contribution is -0.137. The van der Waals surface area contributed by atoms with E-state index in [1.165, 1.54) is 18.2 Å². The van der Waals surface area contributed by atoms with E-state index < -0.39 is 11.7 Å². The summed E-state index contributed by atoms with van der Waals surface area (Å²) in [6, 6.07) is 7.97. The van der Waals surface area contributed by atoms with Gasteiger partial charge in [-0.3, -0.25) is 4.79 Å². The molecular formula is C20H20ClF3N2O3. The van der Waals surface area contributed by atoms with Gasteiger partial charge in [0.05, 0.1) is 17.2 Å². The number of alkyl halides is 3. The molecule has 1 saturated heterocycles. The van der Waals surface area contributed by atoms with Crippen molar-refractivity contribution in [2.75, 3.05) is 37.7 Å². The van der Waals surface area contributed by atoms with Crippen molar-refractivity contribution < 1.29 is 27.8 Å². The Labute approximate surface area is 171 Å². The molecule has 0 radical (unpaired) electrons. The van der Waals surface area contributed by atoms with E-state index in [9.17, 15) is 23.1 Å². The molecule has 0 aliphatic carbocycles. The first kappa shape index (κ1) is 21.1. The lowest BCUT2D eigenvalue weighted by Gasteiger charge is -2.36. The Morgan fingerprint density at radius 2 is 1.86 bits per heavy atom. The van der Waals surface area contributed by atoms with E-state index >= 15 is 0 Å². The molecule has 1 aliphatic heterocycles. The normalized spacial score (nSPS) is 14.8. The van der Waals surface area contributed by atoms with Gasteiger partial charge in [-0.25, -0.2) is 0 Å². The van der Waals surface area contributed by atoms with E-state index in [0.29, 0.717) is 38.5 Å².